The van der Waals surface area contributed by atoms with Crippen LogP contribution in [0, 0.1) is 5.92 Å². The number of rotatable bonds is 6. The third-order valence-electron chi connectivity index (χ3n) is 5.87. The number of urea groups is 1. The summed E-state index contributed by atoms with van der Waals surface area (Å²) in [4.78, 5) is 19.4. The molecular formula is C23H28ClN3O2S. The van der Waals surface area contributed by atoms with Crippen molar-refractivity contribution in [3.63, 3.8) is 0 Å². The third kappa shape index (κ3) is 4.94. The second-order valence-corrected chi connectivity index (χ2v) is 9.42. The molecule has 2 N–H and O–H groups in total. The van der Waals surface area contributed by atoms with Crippen LogP contribution >= 0.6 is 23.4 Å². The van der Waals surface area contributed by atoms with Gasteiger partial charge in [-0.25, -0.2) is 4.79 Å². The first-order chi connectivity index (χ1) is 14.7. The minimum atomic E-state index is -0.121. The first-order valence-corrected chi connectivity index (χ1v) is 11.8. The number of carbonyl (C=O) groups excluding carboxylic acids is 1. The fourth-order valence-corrected chi connectivity index (χ4v) is 5.43. The predicted molar refractivity (Wildman–Crippen MR) is 123 cm³/mol. The normalized spacial score (nSPS) is 16.8. The Hall–Kier alpha value is -1.73. The Bertz CT molecular complexity index is 887. The summed E-state index contributed by atoms with van der Waals surface area (Å²) in [7, 11) is 0. The van der Waals surface area contributed by atoms with E-state index in [0.717, 1.165) is 59.6 Å². The topological polar surface area (TPSA) is 55.8 Å². The lowest BCUT2D eigenvalue weighted by Gasteiger charge is -2.33. The van der Waals surface area contributed by atoms with Crippen LogP contribution in [0.4, 0.5) is 16.2 Å². The molecule has 0 aromatic heterocycles. The lowest BCUT2D eigenvalue weighted by molar-refractivity contribution is 0.171. The van der Waals surface area contributed by atoms with E-state index in [0.29, 0.717) is 18.2 Å². The van der Waals surface area contributed by atoms with Gasteiger partial charge in [-0.2, -0.15) is 0 Å². The highest BCUT2D eigenvalue weighted by Gasteiger charge is 2.28. The van der Waals surface area contributed by atoms with Crippen LogP contribution in [0.5, 0.6) is 0 Å². The molecule has 2 aromatic rings. The van der Waals surface area contributed by atoms with E-state index < -0.39 is 0 Å². The molecule has 0 bridgehead atoms. The number of benzene rings is 2. The quantitative estimate of drug-likeness (QED) is 0.646. The highest BCUT2D eigenvalue weighted by atomic mass is 35.5. The molecular weight excluding hydrogens is 418 g/mol. The molecule has 0 aliphatic carbocycles. The van der Waals surface area contributed by atoms with Gasteiger partial charge in [-0.1, -0.05) is 35.5 Å². The number of halogens is 1. The van der Waals surface area contributed by atoms with E-state index in [1.165, 1.54) is 12.8 Å². The van der Waals surface area contributed by atoms with E-state index in [2.05, 4.69) is 10.2 Å². The van der Waals surface area contributed by atoms with Gasteiger partial charge >= 0.3 is 6.03 Å². The number of aliphatic hydroxyl groups excluding tert-OH is 1. The van der Waals surface area contributed by atoms with Crippen LogP contribution in [0.25, 0.3) is 0 Å². The minimum absolute atomic E-state index is 0.121. The fourth-order valence-electron chi connectivity index (χ4n) is 4.23. The molecule has 1 saturated heterocycles. The number of carbonyl (C=O) groups is 1. The molecule has 0 radical (unpaired) electrons. The summed E-state index contributed by atoms with van der Waals surface area (Å²) in [5.74, 6) is 0.728. The minimum Gasteiger partial charge on any atom is -0.396 e. The SMILES string of the molecule is O=C(NCCN1CCC(CCCO)CC1)N1c2ccccc2Sc2ccc(Cl)cc21. The number of hydrogen-bond acceptors (Lipinski definition) is 4. The molecule has 30 heavy (non-hydrogen) atoms. The van der Waals surface area contributed by atoms with Crippen molar-refractivity contribution in [1.82, 2.24) is 10.2 Å². The summed E-state index contributed by atoms with van der Waals surface area (Å²) in [6.07, 6.45) is 4.38. The van der Waals surface area contributed by atoms with Crippen molar-refractivity contribution in [3.05, 3.63) is 47.5 Å². The van der Waals surface area contributed by atoms with Gasteiger partial charge in [-0.15, -0.1) is 0 Å². The Kier molecular flexibility index (Phi) is 7.20. The summed E-state index contributed by atoms with van der Waals surface area (Å²) in [6, 6.07) is 13.5. The lowest BCUT2D eigenvalue weighted by Crippen LogP contribution is -2.43. The Labute approximate surface area is 187 Å². The highest BCUT2D eigenvalue weighted by molar-refractivity contribution is 7.99. The van der Waals surface area contributed by atoms with Crippen LogP contribution in [-0.2, 0) is 0 Å². The summed E-state index contributed by atoms with van der Waals surface area (Å²) in [5, 5.41) is 12.7. The molecule has 5 nitrogen and oxygen atoms in total. The Morgan fingerprint density at radius 1 is 1.13 bits per heavy atom. The molecule has 0 unspecified atom stereocenters. The van der Waals surface area contributed by atoms with Gasteiger partial charge in [0, 0.05) is 34.5 Å². The first kappa shape index (κ1) is 21.5. The number of nitrogens with one attached hydrogen (secondary N) is 1. The van der Waals surface area contributed by atoms with Gasteiger partial charge in [0.2, 0.25) is 0 Å². The van der Waals surface area contributed by atoms with Gasteiger partial charge in [0.25, 0.3) is 0 Å². The largest absolute Gasteiger partial charge is 0.396 e. The van der Waals surface area contributed by atoms with Crippen LogP contribution in [-0.4, -0.2) is 48.8 Å². The Morgan fingerprint density at radius 3 is 2.70 bits per heavy atom. The van der Waals surface area contributed by atoms with Gasteiger partial charge in [0.05, 0.1) is 11.4 Å². The zero-order valence-electron chi connectivity index (χ0n) is 17.0. The molecule has 2 aliphatic rings. The number of para-hydroxylation sites is 1. The zero-order valence-corrected chi connectivity index (χ0v) is 18.6. The number of amides is 2. The number of aliphatic hydroxyl groups is 1. The summed E-state index contributed by atoms with van der Waals surface area (Å²) >= 11 is 7.90. The average Bonchev–Trinajstić information content (AvgIpc) is 2.77. The monoisotopic (exact) mass is 445 g/mol. The lowest BCUT2D eigenvalue weighted by atomic mass is 9.92. The predicted octanol–water partition coefficient (Wildman–Crippen LogP) is 5.14. The van der Waals surface area contributed by atoms with Gasteiger partial charge in [0.15, 0.2) is 0 Å². The van der Waals surface area contributed by atoms with E-state index in [9.17, 15) is 4.79 Å². The standard InChI is InChI=1S/C23H28ClN3O2S/c24-18-7-8-22-20(16-18)27(19-5-1-2-6-21(19)30-22)23(29)25-11-14-26-12-9-17(10-13-26)4-3-15-28/h1-2,5-8,16-17,28H,3-4,9-15H2,(H,25,29). The van der Waals surface area contributed by atoms with Crippen molar-refractivity contribution in [2.45, 2.75) is 35.5 Å². The molecule has 0 saturated carbocycles. The molecule has 1 fully saturated rings. The van der Waals surface area contributed by atoms with Crippen molar-refractivity contribution in [1.29, 1.82) is 0 Å². The summed E-state index contributed by atoms with van der Waals surface area (Å²) < 4.78 is 0. The van der Waals surface area contributed by atoms with Crippen molar-refractivity contribution in [2.24, 2.45) is 5.92 Å². The number of hydrogen-bond donors (Lipinski definition) is 2. The van der Waals surface area contributed by atoms with Gasteiger partial charge in [-0.05, 0) is 75.0 Å². The third-order valence-corrected chi connectivity index (χ3v) is 7.24. The highest BCUT2D eigenvalue weighted by Crippen LogP contribution is 2.48. The molecule has 4 rings (SSSR count). The second kappa shape index (κ2) is 10.1. The van der Waals surface area contributed by atoms with E-state index in [4.69, 9.17) is 16.7 Å². The van der Waals surface area contributed by atoms with Crippen LogP contribution < -0.4 is 10.2 Å². The number of piperidine rings is 1. The summed E-state index contributed by atoms with van der Waals surface area (Å²) in [6.45, 7) is 3.88. The van der Waals surface area contributed by atoms with Gasteiger partial charge in [0.1, 0.15) is 0 Å². The maximum Gasteiger partial charge on any atom is 0.326 e. The average molecular weight is 446 g/mol. The van der Waals surface area contributed by atoms with Crippen molar-refractivity contribution >= 4 is 40.8 Å². The van der Waals surface area contributed by atoms with Crippen LogP contribution in [0.2, 0.25) is 5.02 Å². The zero-order chi connectivity index (χ0) is 20.9. The van der Waals surface area contributed by atoms with Gasteiger partial charge < -0.3 is 15.3 Å². The van der Waals surface area contributed by atoms with Crippen LogP contribution in [0.1, 0.15) is 25.7 Å². The molecule has 2 amide bonds. The molecule has 160 valence electrons. The number of fused-ring (bicyclic) bond motifs is 2. The van der Waals surface area contributed by atoms with E-state index in [-0.39, 0.29) is 6.03 Å². The van der Waals surface area contributed by atoms with Crippen LogP contribution in [0.3, 0.4) is 0 Å². The molecule has 2 heterocycles. The summed E-state index contributed by atoms with van der Waals surface area (Å²) in [5.41, 5.74) is 1.72. The number of anilines is 2. The molecule has 2 aliphatic heterocycles. The Morgan fingerprint density at radius 2 is 1.90 bits per heavy atom. The molecule has 0 atom stereocenters. The number of likely N-dealkylation sites (tertiary alicyclic amines) is 1. The molecule has 2 aromatic carbocycles. The van der Waals surface area contributed by atoms with Crippen molar-refractivity contribution < 1.29 is 9.90 Å². The second-order valence-electron chi connectivity index (χ2n) is 7.90. The van der Waals surface area contributed by atoms with Crippen LogP contribution in [0.15, 0.2) is 52.3 Å². The van der Waals surface area contributed by atoms with E-state index in [1.807, 2.05) is 42.5 Å². The maximum atomic E-state index is 13.2. The smallest absolute Gasteiger partial charge is 0.326 e. The van der Waals surface area contributed by atoms with Crippen molar-refractivity contribution in [3.8, 4) is 0 Å². The van der Waals surface area contributed by atoms with Crippen molar-refractivity contribution in [2.75, 3.05) is 37.7 Å². The van der Waals surface area contributed by atoms with E-state index in [1.54, 1.807) is 16.7 Å². The molecule has 7 heteroatoms. The van der Waals surface area contributed by atoms with Gasteiger partial charge in [-0.3, -0.25) is 4.90 Å². The molecule has 0 spiro atoms. The van der Waals surface area contributed by atoms with E-state index >= 15 is 0 Å². The maximum absolute atomic E-state index is 13.2. The Balaban J connectivity index is 1.37. The first-order valence-electron chi connectivity index (χ1n) is 10.6. The fraction of sp³-hybridized carbons (Fsp3) is 0.435. The number of nitrogens with zero attached hydrogens (tertiary/aromatic N) is 2.